The molecule has 0 aliphatic carbocycles. The molecule has 2 rings (SSSR count). The summed E-state index contributed by atoms with van der Waals surface area (Å²) in [5.74, 6) is 1.22. The fourth-order valence-corrected chi connectivity index (χ4v) is 2.11. The highest BCUT2D eigenvalue weighted by Crippen LogP contribution is 2.29. The zero-order chi connectivity index (χ0) is 10.7. The quantitative estimate of drug-likeness (QED) is 0.895. The lowest BCUT2D eigenvalue weighted by molar-refractivity contribution is 0.422. The molecule has 0 aliphatic heterocycles. The summed E-state index contributed by atoms with van der Waals surface area (Å²) in [6.45, 7) is 0.634. The molecular formula is C9H10ClN3OS. The van der Waals surface area contributed by atoms with Crippen molar-refractivity contribution >= 4 is 22.9 Å². The highest BCUT2D eigenvalue weighted by Gasteiger charge is 2.10. The van der Waals surface area contributed by atoms with E-state index in [1.165, 1.54) is 11.3 Å². The van der Waals surface area contributed by atoms with Crippen molar-refractivity contribution in [3.8, 4) is 10.8 Å². The van der Waals surface area contributed by atoms with Crippen molar-refractivity contribution in [1.29, 1.82) is 0 Å². The third-order valence-corrected chi connectivity index (χ3v) is 3.08. The molecule has 6 heteroatoms. The number of nitrogens with two attached hydrogens (primary N) is 1. The molecular weight excluding hydrogens is 234 g/mol. The van der Waals surface area contributed by atoms with E-state index in [4.69, 9.17) is 21.9 Å². The van der Waals surface area contributed by atoms with Crippen LogP contribution in [0.2, 0.25) is 4.34 Å². The van der Waals surface area contributed by atoms with E-state index < -0.39 is 0 Å². The fourth-order valence-electron chi connectivity index (χ4n) is 1.14. The van der Waals surface area contributed by atoms with Gasteiger partial charge in [-0.3, -0.25) is 0 Å². The summed E-state index contributed by atoms with van der Waals surface area (Å²) in [7, 11) is 0. The molecule has 0 radical (unpaired) electrons. The van der Waals surface area contributed by atoms with Crippen LogP contribution in [-0.2, 0) is 6.42 Å². The predicted octanol–water partition coefficient (Wildman–Crippen LogP) is 2.34. The zero-order valence-electron chi connectivity index (χ0n) is 7.94. The first-order chi connectivity index (χ1) is 7.29. The second-order valence-electron chi connectivity index (χ2n) is 3.01. The molecule has 0 bridgehead atoms. The molecule has 4 nitrogen and oxygen atoms in total. The van der Waals surface area contributed by atoms with Crippen LogP contribution in [0, 0.1) is 0 Å². The molecule has 0 amide bonds. The normalized spacial score (nSPS) is 10.8. The molecule has 0 aliphatic rings. The van der Waals surface area contributed by atoms with Crippen molar-refractivity contribution in [3.63, 3.8) is 0 Å². The summed E-state index contributed by atoms with van der Waals surface area (Å²) in [6, 6.07) is 3.68. The van der Waals surface area contributed by atoms with Gasteiger partial charge in [0.05, 0.1) is 9.21 Å². The van der Waals surface area contributed by atoms with E-state index in [1.807, 2.05) is 12.1 Å². The van der Waals surface area contributed by atoms with E-state index in [-0.39, 0.29) is 0 Å². The lowest BCUT2D eigenvalue weighted by atomic mass is 10.3. The van der Waals surface area contributed by atoms with Crippen LogP contribution in [0.5, 0.6) is 0 Å². The van der Waals surface area contributed by atoms with Crippen molar-refractivity contribution in [1.82, 2.24) is 10.1 Å². The molecule has 0 saturated heterocycles. The maximum atomic E-state index is 5.81. The van der Waals surface area contributed by atoms with Crippen LogP contribution in [0.15, 0.2) is 16.7 Å². The average molecular weight is 244 g/mol. The van der Waals surface area contributed by atoms with Gasteiger partial charge in [-0.05, 0) is 25.1 Å². The molecule has 2 aromatic rings. The van der Waals surface area contributed by atoms with Crippen molar-refractivity contribution in [2.45, 2.75) is 12.8 Å². The maximum Gasteiger partial charge on any atom is 0.268 e. The number of halogens is 1. The Hall–Kier alpha value is -0.910. The predicted molar refractivity (Wildman–Crippen MR) is 60.0 cm³/mol. The molecule has 0 atom stereocenters. The molecule has 0 fully saturated rings. The number of rotatable bonds is 4. The third kappa shape index (κ3) is 2.56. The van der Waals surface area contributed by atoms with Gasteiger partial charge in [-0.1, -0.05) is 16.8 Å². The van der Waals surface area contributed by atoms with Crippen LogP contribution in [0.3, 0.4) is 0 Å². The van der Waals surface area contributed by atoms with Crippen LogP contribution in [-0.4, -0.2) is 16.7 Å². The van der Waals surface area contributed by atoms with Crippen LogP contribution in [0.25, 0.3) is 10.8 Å². The van der Waals surface area contributed by atoms with Crippen LogP contribution < -0.4 is 5.73 Å². The van der Waals surface area contributed by atoms with Crippen molar-refractivity contribution in [2.24, 2.45) is 5.73 Å². The Bertz CT molecular complexity index is 440. The Morgan fingerprint density at radius 3 is 3.00 bits per heavy atom. The maximum absolute atomic E-state index is 5.81. The number of hydrogen-bond acceptors (Lipinski definition) is 5. The van der Waals surface area contributed by atoms with E-state index in [0.29, 0.717) is 22.6 Å². The van der Waals surface area contributed by atoms with Crippen molar-refractivity contribution in [2.75, 3.05) is 6.54 Å². The second-order valence-corrected chi connectivity index (χ2v) is 4.73. The minimum Gasteiger partial charge on any atom is -0.333 e. The number of aromatic nitrogens is 2. The minimum absolute atomic E-state index is 0.527. The molecule has 0 unspecified atom stereocenters. The van der Waals surface area contributed by atoms with Gasteiger partial charge in [0.15, 0.2) is 5.82 Å². The monoisotopic (exact) mass is 243 g/mol. The Morgan fingerprint density at radius 1 is 1.47 bits per heavy atom. The van der Waals surface area contributed by atoms with Gasteiger partial charge in [0.25, 0.3) is 5.89 Å². The van der Waals surface area contributed by atoms with Gasteiger partial charge in [-0.25, -0.2) is 0 Å². The molecule has 15 heavy (non-hydrogen) atoms. The van der Waals surface area contributed by atoms with Crippen molar-refractivity contribution in [3.05, 3.63) is 22.3 Å². The standard InChI is InChI=1S/C9H10ClN3OS/c10-7-4-3-6(15-7)9-12-8(13-14-9)2-1-5-11/h3-4H,1-2,5,11H2. The largest absolute Gasteiger partial charge is 0.333 e. The lowest BCUT2D eigenvalue weighted by Crippen LogP contribution is -2.01. The van der Waals surface area contributed by atoms with Gasteiger partial charge in [0, 0.05) is 6.42 Å². The average Bonchev–Trinajstić information content (AvgIpc) is 2.83. The van der Waals surface area contributed by atoms with Crippen LogP contribution >= 0.6 is 22.9 Å². The van der Waals surface area contributed by atoms with E-state index in [2.05, 4.69) is 10.1 Å². The minimum atomic E-state index is 0.527. The Morgan fingerprint density at radius 2 is 2.33 bits per heavy atom. The summed E-state index contributed by atoms with van der Waals surface area (Å²) in [4.78, 5) is 5.14. The summed E-state index contributed by atoms with van der Waals surface area (Å²) >= 11 is 7.24. The molecule has 0 aromatic carbocycles. The van der Waals surface area contributed by atoms with Crippen LogP contribution in [0.1, 0.15) is 12.2 Å². The van der Waals surface area contributed by atoms with Gasteiger partial charge < -0.3 is 10.3 Å². The van der Waals surface area contributed by atoms with E-state index in [0.717, 1.165) is 17.7 Å². The van der Waals surface area contributed by atoms with Gasteiger partial charge >= 0.3 is 0 Å². The van der Waals surface area contributed by atoms with Gasteiger partial charge in [-0.2, -0.15) is 4.98 Å². The fraction of sp³-hybridized carbons (Fsp3) is 0.333. The summed E-state index contributed by atoms with van der Waals surface area (Å²) in [6.07, 6.45) is 1.61. The second kappa shape index (κ2) is 4.74. The summed E-state index contributed by atoms with van der Waals surface area (Å²) in [5, 5.41) is 3.86. The first-order valence-corrected chi connectivity index (χ1v) is 5.77. The van der Waals surface area contributed by atoms with Crippen LogP contribution in [0.4, 0.5) is 0 Å². The Balaban J connectivity index is 2.13. The zero-order valence-corrected chi connectivity index (χ0v) is 9.51. The molecule has 2 N–H and O–H groups in total. The summed E-state index contributed by atoms with van der Waals surface area (Å²) in [5.41, 5.74) is 5.40. The summed E-state index contributed by atoms with van der Waals surface area (Å²) < 4.78 is 5.83. The highest BCUT2D eigenvalue weighted by atomic mass is 35.5. The number of nitrogens with zero attached hydrogens (tertiary/aromatic N) is 2. The van der Waals surface area contributed by atoms with Gasteiger partial charge in [0.2, 0.25) is 0 Å². The first kappa shape index (κ1) is 10.6. The molecule has 0 saturated carbocycles. The van der Waals surface area contributed by atoms with E-state index >= 15 is 0 Å². The number of thiophene rings is 1. The van der Waals surface area contributed by atoms with E-state index in [1.54, 1.807) is 0 Å². The number of hydrogen-bond donors (Lipinski definition) is 1. The lowest BCUT2D eigenvalue weighted by Gasteiger charge is -1.88. The third-order valence-electron chi connectivity index (χ3n) is 1.86. The smallest absolute Gasteiger partial charge is 0.268 e. The Kier molecular flexibility index (Phi) is 3.35. The topological polar surface area (TPSA) is 64.9 Å². The molecule has 0 spiro atoms. The molecule has 2 heterocycles. The number of aryl methyl sites for hydroxylation is 1. The SMILES string of the molecule is NCCCc1noc(-c2ccc(Cl)s2)n1. The van der Waals surface area contributed by atoms with Gasteiger partial charge in [0.1, 0.15) is 0 Å². The van der Waals surface area contributed by atoms with Crippen molar-refractivity contribution < 1.29 is 4.52 Å². The van der Waals surface area contributed by atoms with Gasteiger partial charge in [-0.15, -0.1) is 11.3 Å². The first-order valence-electron chi connectivity index (χ1n) is 4.58. The highest BCUT2D eigenvalue weighted by molar-refractivity contribution is 7.19. The van der Waals surface area contributed by atoms with E-state index in [9.17, 15) is 0 Å². The Labute approximate surface area is 96.1 Å². The molecule has 2 aromatic heterocycles. The molecule has 80 valence electrons.